The van der Waals surface area contributed by atoms with Gasteiger partial charge in [0.05, 0.1) is 5.60 Å². The second kappa shape index (κ2) is 8.16. The van der Waals surface area contributed by atoms with E-state index in [0.717, 1.165) is 18.6 Å². The van der Waals surface area contributed by atoms with Crippen molar-refractivity contribution in [3.63, 3.8) is 0 Å². The summed E-state index contributed by atoms with van der Waals surface area (Å²) in [5.41, 5.74) is 0.0110. The van der Waals surface area contributed by atoms with Crippen molar-refractivity contribution >= 4 is 0 Å². The van der Waals surface area contributed by atoms with Crippen LogP contribution in [0, 0.1) is 5.92 Å². The van der Waals surface area contributed by atoms with Crippen LogP contribution in [0.15, 0.2) is 0 Å². The molecule has 18 heavy (non-hydrogen) atoms. The Hall–Kier alpha value is -0.0800. The molecule has 0 aromatic heterocycles. The average molecular weight is 255 g/mol. The molecule has 0 heterocycles. The van der Waals surface area contributed by atoms with Gasteiger partial charge in [-0.25, -0.2) is 0 Å². The first-order valence-electron chi connectivity index (χ1n) is 7.90. The zero-order valence-electron chi connectivity index (χ0n) is 12.9. The van der Waals surface area contributed by atoms with E-state index in [4.69, 9.17) is 4.74 Å². The third kappa shape index (κ3) is 6.75. The van der Waals surface area contributed by atoms with Crippen LogP contribution in [0.25, 0.3) is 0 Å². The SMILES string of the molecule is CCCNC1CCCCCC1CCOC(C)(C)C. The van der Waals surface area contributed by atoms with Crippen molar-refractivity contribution in [2.24, 2.45) is 5.92 Å². The van der Waals surface area contributed by atoms with Crippen molar-refractivity contribution in [1.29, 1.82) is 0 Å². The molecule has 0 saturated heterocycles. The largest absolute Gasteiger partial charge is 0.376 e. The number of nitrogens with one attached hydrogen (secondary N) is 1. The summed E-state index contributed by atoms with van der Waals surface area (Å²) >= 11 is 0. The van der Waals surface area contributed by atoms with Crippen LogP contribution in [0.3, 0.4) is 0 Å². The molecular weight excluding hydrogens is 222 g/mol. The molecule has 2 atom stereocenters. The molecule has 0 radical (unpaired) electrons. The topological polar surface area (TPSA) is 21.3 Å². The van der Waals surface area contributed by atoms with Crippen molar-refractivity contribution in [1.82, 2.24) is 5.32 Å². The zero-order valence-corrected chi connectivity index (χ0v) is 12.9. The van der Waals surface area contributed by atoms with Gasteiger partial charge in [-0.2, -0.15) is 0 Å². The van der Waals surface area contributed by atoms with Gasteiger partial charge in [-0.15, -0.1) is 0 Å². The van der Waals surface area contributed by atoms with Crippen molar-refractivity contribution in [3.05, 3.63) is 0 Å². The van der Waals surface area contributed by atoms with E-state index < -0.39 is 0 Å². The lowest BCUT2D eigenvalue weighted by molar-refractivity contribution is -0.0115. The van der Waals surface area contributed by atoms with Crippen molar-refractivity contribution in [2.75, 3.05) is 13.2 Å². The Morgan fingerprint density at radius 1 is 1.11 bits per heavy atom. The molecule has 0 aromatic rings. The van der Waals surface area contributed by atoms with E-state index in [9.17, 15) is 0 Å². The Morgan fingerprint density at radius 3 is 2.50 bits per heavy atom. The molecule has 1 aliphatic rings. The highest BCUT2D eigenvalue weighted by atomic mass is 16.5. The first-order chi connectivity index (χ1) is 8.53. The molecule has 1 rings (SSSR count). The molecule has 0 aromatic carbocycles. The predicted octanol–water partition coefficient (Wildman–Crippen LogP) is 4.14. The molecule has 2 nitrogen and oxygen atoms in total. The van der Waals surface area contributed by atoms with Gasteiger partial charge >= 0.3 is 0 Å². The smallest absolute Gasteiger partial charge is 0.0598 e. The van der Waals surface area contributed by atoms with Crippen LogP contribution in [0.4, 0.5) is 0 Å². The van der Waals surface area contributed by atoms with Gasteiger partial charge < -0.3 is 10.1 Å². The monoisotopic (exact) mass is 255 g/mol. The minimum Gasteiger partial charge on any atom is -0.376 e. The molecular formula is C16H33NO. The first kappa shape index (κ1) is 16.0. The Morgan fingerprint density at radius 2 is 1.83 bits per heavy atom. The molecule has 1 fully saturated rings. The molecule has 2 heteroatoms. The van der Waals surface area contributed by atoms with Crippen molar-refractivity contribution in [2.45, 2.75) is 84.3 Å². The molecule has 1 aliphatic carbocycles. The lowest BCUT2D eigenvalue weighted by atomic mass is 9.91. The minimum absolute atomic E-state index is 0.0110. The van der Waals surface area contributed by atoms with E-state index in [1.807, 2.05) is 0 Å². The normalized spacial score (nSPS) is 26.0. The highest BCUT2D eigenvalue weighted by molar-refractivity contribution is 4.79. The molecule has 1 N–H and O–H groups in total. The number of rotatable bonds is 6. The Bertz CT molecular complexity index is 210. The van der Waals surface area contributed by atoms with E-state index in [-0.39, 0.29) is 5.60 Å². The maximum Gasteiger partial charge on any atom is 0.0598 e. The lowest BCUT2D eigenvalue weighted by Gasteiger charge is -2.28. The van der Waals surface area contributed by atoms with Crippen LogP contribution >= 0.6 is 0 Å². The Balaban J connectivity index is 2.36. The fourth-order valence-electron chi connectivity index (χ4n) is 2.84. The van der Waals surface area contributed by atoms with E-state index in [1.54, 1.807) is 0 Å². The summed E-state index contributed by atoms with van der Waals surface area (Å²) in [6, 6.07) is 0.732. The maximum atomic E-state index is 5.90. The Labute approximate surface area is 114 Å². The van der Waals surface area contributed by atoms with Crippen LogP contribution in [0.2, 0.25) is 0 Å². The van der Waals surface area contributed by atoms with Crippen LogP contribution in [-0.2, 0) is 4.74 Å². The maximum absolute atomic E-state index is 5.90. The average Bonchev–Trinajstić information content (AvgIpc) is 2.50. The molecule has 0 spiro atoms. The summed E-state index contributed by atoms with van der Waals surface area (Å²) in [7, 11) is 0. The van der Waals surface area contributed by atoms with Gasteiger partial charge in [-0.1, -0.05) is 26.2 Å². The summed E-state index contributed by atoms with van der Waals surface area (Å²) in [4.78, 5) is 0. The van der Waals surface area contributed by atoms with Gasteiger partial charge in [0.25, 0.3) is 0 Å². The minimum atomic E-state index is 0.0110. The summed E-state index contributed by atoms with van der Waals surface area (Å²) < 4.78 is 5.90. The van der Waals surface area contributed by atoms with E-state index in [0.29, 0.717) is 0 Å². The number of hydrogen-bond acceptors (Lipinski definition) is 2. The third-order valence-electron chi connectivity index (χ3n) is 3.84. The van der Waals surface area contributed by atoms with Crippen LogP contribution in [0.1, 0.15) is 72.6 Å². The molecule has 2 unspecified atom stereocenters. The standard InChI is InChI=1S/C16H33NO/c1-5-12-17-15-10-8-6-7-9-14(15)11-13-18-16(2,3)4/h14-15,17H,5-13H2,1-4H3. The quantitative estimate of drug-likeness (QED) is 0.720. The molecule has 1 saturated carbocycles. The molecule has 0 bridgehead atoms. The van der Waals surface area contributed by atoms with E-state index in [2.05, 4.69) is 33.0 Å². The number of ether oxygens (including phenoxy) is 1. The fraction of sp³-hybridized carbons (Fsp3) is 1.00. The van der Waals surface area contributed by atoms with Crippen LogP contribution in [0.5, 0.6) is 0 Å². The van der Waals surface area contributed by atoms with Crippen molar-refractivity contribution in [3.8, 4) is 0 Å². The van der Waals surface area contributed by atoms with Crippen LogP contribution < -0.4 is 5.32 Å². The fourth-order valence-corrected chi connectivity index (χ4v) is 2.84. The lowest BCUT2D eigenvalue weighted by Crippen LogP contribution is -2.37. The van der Waals surface area contributed by atoms with Crippen molar-refractivity contribution < 1.29 is 4.74 Å². The van der Waals surface area contributed by atoms with Gasteiger partial charge in [0.2, 0.25) is 0 Å². The van der Waals surface area contributed by atoms with Gasteiger partial charge in [0.1, 0.15) is 0 Å². The van der Waals surface area contributed by atoms with Gasteiger partial charge in [-0.3, -0.25) is 0 Å². The summed E-state index contributed by atoms with van der Waals surface area (Å²) in [5.74, 6) is 0.821. The summed E-state index contributed by atoms with van der Waals surface area (Å²) in [6.07, 6.45) is 9.43. The third-order valence-corrected chi connectivity index (χ3v) is 3.84. The zero-order chi connectivity index (χ0) is 13.4. The highest BCUT2D eigenvalue weighted by Gasteiger charge is 2.23. The second-order valence-corrected chi connectivity index (χ2v) is 6.71. The van der Waals surface area contributed by atoms with Gasteiger partial charge in [-0.05, 0) is 58.9 Å². The second-order valence-electron chi connectivity index (χ2n) is 6.71. The summed E-state index contributed by atoms with van der Waals surface area (Å²) in [5, 5.41) is 3.75. The van der Waals surface area contributed by atoms with Gasteiger partial charge in [0.15, 0.2) is 0 Å². The summed E-state index contributed by atoms with van der Waals surface area (Å²) in [6.45, 7) is 10.8. The molecule has 0 aliphatic heterocycles. The Kier molecular flexibility index (Phi) is 7.25. The highest BCUT2D eigenvalue weighted by Crippen LogP contribution is 2.26. The van der Waals surface area contributed by atoms with E-state index in [1.165, 1.54) is 51.5 Å². The van der Waals surface area contributed by atoms with E-state index >= 15 is 0 Å². The first-order valence-corrected chi connectivity index (χ1v) is 7.90. The van der Waals surface area contributed by atoms with Gasteiger partial charge in [0, 0.05) is 12.6 Å². The van der Waals surface area contributed by atoms with Crippen LogP contribution in [-0.4, -0.2) is 24.8 Å². The predicted molar refractivity (Wildman–Crippen MR) is 79.0 cm³/mol. The molecule has 108 valence electrons. The molecule has 0 amide bonds. The number of hydrogen-bond donors (Lipinski definition) is 1.